The molecule has 0 saturated carbocycles. The van der Waals surface area contributed by atoms with Gasteiger partial charge in [-0.1, -0.05) is 15.9 Å². The summed E-state index contributed by atoms with van der Waals surface area (Å²) in [6.07, 6.45) is -0.606. The number of fused-ring (bicyclic) bond motifs is 1. The van der Waals surface area contributed by atoms with Crippen molar-refractivity contribution < 1.29 is 9.50 Å². The highest BCUT2D eigenvalue weighted by molar-refractivity contribution is 9.10. The lowest BCUT2D eigenvalue weighted by atomic mass is 10.1. The lowest BCUT2D eigenvalue weighted by Gasteiger charge is -2.04. The van der Waals surface area contributed by atoms with E-state index in [9.17, 15) is 9.50 Å². The molecular formula is C8H7BrFNO. The van der Waals surface area contributed by atoms with Crippen LogP contribution >= 0.6 is 15.9 Å². The smallest absolute Gasteiger partial charge is 0.146 e. The Balaban J connectivity index is 2.64. The van der Waals surface area contributed by atoms with Gasteiger partial charge in [-0.05, 0) is 12.1 Å². The number of anilines is 1. The molecule has 0 saturated heterocycles. The third kappa shape index (κ3) is 1.03. The number of hydrogen-bond donors (Lipinski definition) is 2. The number of rotatable bonds is 0. The highest BCUT2D eigenvalue weighted by Gasteiger charge is 2.24. The van der Waals surface area contributed by atoms with E-state index in [-0.39, 0.29) is 5.82 Å². The van der Waals surface area contributed by atoms with Crippen LogP contribution in [0.15, 0.2) is 16.6 Å². The fourth-order valence-corrected chi connectivity index (χ4v) is 1.97. The average Bonchev–Trinajstić information content (AvgIpc) is 2.42. The summed E-state index contributed by atoms with van der Waals surface area (Å²) in [6.45, 7) is 0.384. The number of benzene rings is 1. The number of nitrogens with one attached hydrogen (secondary N) is 1. The zero-order valence-corrected chi connectivity index (χ0v) is 7.73. The topological polar surface area (TPSA) is 32.3 Å². The molecule has 0 unspecified atom stereocenters. The molecule has 0 aromatic heterocycles. The molecule has 0 radical (unpaired) electrons. The minimum atomic E-state index is -0.606. The molecule has 1 aliphatic heterocycles. The van der Waals surface area contributed by atoms with Crippen LogP contribution in [0.2, 0.25) is 0 Å². The van der Waals surface area contributed by atoms with Gasteiger partial charge in [0.25, 0.3) is 0 Å². The molecule has 2 rings (SSSR count). The number of β-amino-alcohol motifs (C(OH)–C–C–N with tert-alkyl or cyclic N) is 1. The molecule has 1 heterocycles. The van der Waals surface area contributed by atoms with E-state index in [1.54, 1.807) is 6.07 Å². The van der Waals surface area contributed by atoms with Crippen LogP contribution in [0, 0.1) is 5.82 Å². The summed E-state index contributed by atoms with van der Waals surface area (Å²) in [4.78, 5) is 0. The summed E-state index contributed by atoms with van der Waals surface area (Å²) in [5, 5.41) is 12.2. The van der Waals surface area contributed by atoms with Gasteiger partial charge in [0.15, 0.2) is 0 Å². The molecule has 64 valence electrons. The maximum Gasteiger partial charge on any atom is 0.146 e. The van der Waals surface area contributed by atoms with Crippen LogP contribution in [0.1, 0.15) is 11.7 Å². The van der Waals surface area contributed by atoms with E-state index >= 15 is 0 Å². The molecule has 2 N–H and O–H groups in total. The number of hydrogen-bond acceptors (Lipinski definition) is 2. The van der Waals surface area contributed by atoms with E-state index in [1.807, 2.05) is 0 Å². The van der Waals surface area contributed by atoms with Gasteiger partial charge in [-0.25, -0.2) is 4.39 Å². The third-order valence-corrected chi connectivity index (χ3v) is 2.64. The molecule has 0 bridgehead atoms. The van der Waals surface area contributed by atoms with Crippen LogP contribution in [0.4, 0.5) is 10.1 Å². The van der Waals surface area contributed by atoms with E-state index in [2.05, 4.69) is 21.2 Å². The van der Waals surface area contributed by atoms with Gasteiger partial charge in [-0.15, -0.1) is 0 Å². The predicted octanol–water partition coefficient (Wildman–Crippen LogP) is 2.05. The summed E-state index contributed by atoms with van der Waals surface area (Å²) < 4.78 is 13.8. The van der Waals surface area contributed by atoms with Crippen molar-refractivity contribution in [2.75, 3.05) is 11.9 Å². The Kier molecular flexibility index (Phi) is 1.81. The molecule has 12 heavy (non-hydrogen) atoms. The standard InChI is InChI=1S/C8H7BrFNO/c9-4-1-2-5(10)8-7(4)6(12)3-11-8/h1-2,6,11-12H,3H2/t6-/m1/s1. The Morgan fingerprint density at radius 3 is 3.00 bits per heavy atom. The maximum atomic E-state index is 13.0. The van der Waals surface area contributed by atoms with Gasteiger partial charge in [0.05, 0.1) is 11.8 Å². The van der Waals surface area contributed by atoms with Gasteiger partial charge in [-0.2, -0.15) is 0 Å². The van der Waals surface area contributed by atoms with Crippen LogP contribution < -0.4 is 5.32 Å². The Labute approximate surface area is 77.5 Å². The predicted molar refractivity (Wildman–Crippen MR) is 47.5 cm³/mol. The van der Waals surface area contributed by atoms with Gasteiger partial charge >= 0.3 is 0 Å². The van der Waals surface area contributed by atoms with Crippen molar-refractivity contribution in [1.29, 1.82) is 0 Å². The highest BCUT2D eigenvalue weighted by Crippen LogP contribution is 2.37. The van der Waals surface area contributed by atoms with Gasteiger partial charge in [0, 0.05) is 16.6 Å². The summed E-state index contributed by atoms with van der Waals surface area (Å²) in [5.41, 5.74) is 1.03. The van der Waals surface area contributed by atoms with Crippen LogP contribution in [0.25, 0.3) is 0 Å². The summed E-state index contributed by atoms with van der Waals surface area (Å²) in [6, 6.07) is 2.97. The van der Waals surface area contributed by atoms with Gasteiger partial charge in [0.2, 0.25) is 0 Å². The first-order valence-corrected chi connectivity index (χ1v) is 4.39. The Morgan fingerprint density at radius 1 is 1.58 bits per heavy atom. The minimum absolute atomic E-state index is 0.315. The normalized spacial score (nSPS) is 20.4. The fraction of sp³-hybridized carbons (Fsp3) is 0.250. The van der Waals surface area contributed by atoms with E-state index in [0.717, 1.165) is 4.47 Å². The lowest BCUT2D eigenvalue weighted by molar-refractivity contribution is 0.199. The monoisotopic (exact) mass is 231 g/mol. The minimum Gasteiger partial charge on any atom is -0.386 e. The Hall–Kier alpha value is -0.610. The van der Waals surface area contributed by atoms with E-state index < -0.39 is 6.10 Å². The van der Waals surface area contributed by atoms with Crippen LogP contribution in [-0.2, 0) is 0 Å². The first-order chi connectivity index (χ1) is 5.70. The third-order valence-electron chi connectivity index (χ3n) is 1.95. The molecule has 1 atom stereocenters. The summed E-state index contributed by atoms with van der Waals surface area (Å²) in [7, 11) is 0. The van der Waals surface area contributed by atoms with E-state index in [0.29, 0.717) is 17.8 Å². The summed E-state index contributed by atoms with van der Waals surface area (Å²) in [5.74, 6) is -0.315. The second-order valence-electron chi connectivity index (χ2n) is 2.71. The van der Waals surface area contributed by atoms with Gasteiger partial charge in [0.1, 0.15) is 5.82 Å². The largest absolute Gasteiger partial charge is 0.386 e. The van der Waals surface area contributed by atoms with Crippen molar-refractivity contribution in [2.45, 2.75) is 6.10 Å². The molecule has 2 nitrogen and oxygen atoms in total. The molecule has 0 aliphatic carbocycles. The van der Waals surface area contributed by atoms with Crippen molar-refractivity contribution in [3.8, 4) is 0 Å². The molecule has 1 aromatic rings. The van der Waals surface area contributed by atoms with Crippen molar-refractivity contribution in [2.24, 2.45) is 0 Å². The van der Waals surface area contributed by atoms with Crippen LogP contribution in [-0.4, -0.2) is 11.7 Å². The number of aliphatic hydroxyl groups is 1. The van der Waals surface area contributed by atoms with Crippen molar-refractivity contribution in [3.05, 3.63) is 28.0 Å². The molecular weight excluding hydrogens is 225 g/mol. The van der Waals surface area contributed by atoms with E-state index in [1.165, 1.54) is 6.07 Å². The van der Waals surface area contributed by atoms with Crippen molar-refractivity contribution in [3.63, 3.8) is 0 Å². The van der Waals surface area contributed by atoms with E-state index in [4.69, 9.17) is 0 Å². The second-order valence-corrected chi connectivity index (χ2v) is 3.57. The Morgan fingerprint density at radius 2 is 2.33 bits per heavy atom. The van der Waals surface area contributed by atoms with Crippen LogP contribution in [0.5, 0.6) is 0 Å². The number of aliphatic hydroxyl groups excluding tert-OH is 1. The van der Waals surface area contributed by atoms with Gasteiger partial charge < -0.3 is 10.4 Å². The van der Waals surface area contributed by atoms with Gasteiger partial charge in [-0.3, -0.25) is 0 Å². The first kappa shape index (κ1) is 8.01. The number of halogens is 2. The van der Waals surface area contributed by atoms with Crippen LogP contribution in [0.3, 0.4) is 0 Å². The first-order valence-electron chi connectivity index (χ1n) is 3.60. The molecule has 0 fully saturated rings. The molecule has 0 amide bonds. The fourth-order valence-electron chi connectivity index (χ4n) is 1.37. The lowest BCUT2D eigenvalue weighted by Crippen LogP contribution is -1.99. The highest BCUT2D eigenvalue weighted by atomic mass is 79.9. The molecule has 4 heteroatoms. The second kappa shape index (κ2) is 2.71. The SMILES string of the molecule is O[C@@H]1CNc2c(F)ccc(Br)c21. The zero-order valence-electron chi connectivity index (χ0n) is 6.14. The molecule has 1 aliphatic rings. The zero-order chi connectivity index (χ0) is 8.72. The Bertz CT molecular complexity index is 329. The summed E-state index contributed by atoms with van der Waals surface area (Å²) >= 11 is 3.26. The quantitative estimate of drug-likeness (QED) is 0.717. The maximum absolute atomic E-state index is 13.0. The van der Waals surface area contributed by atoms with Crippen molar-refractivity contribution >= 4 is 21.6 Å². The van der Waals surface area contributed by atoms with Crippen molar-refractivity contribution in [1.82, 2.24) is 0 Å². The molecule has 0 spiro atoms. The average molecular weight is 232 g/mol. The molecule has 1 aromatic carbocycles.